The zero-order valence-electron chi connectivity index (χ0n) is 15.3. The predicted octanol–water partition coefficient (Wildman–Crippen LogP) is 4.90. The number of hydrogen-bond acceptors (Lipinski definition) is 4. The zero-order valence-corrected chi connectivity index (χ0v) is 16.1. The van der Waals surface area contributed by atoms with E-state index in [0.717, 1.165) is 59.4 Å². The van der Waals surface area contributed by atoms with E-state index in [1.54, 1.807) is 0 Å². The van der Waals surface area contributed by atoms with Gasteiger partial charge in [0.2, 0.25) is 0 Å². The molecule has 0 bridgehead atoms. The summed E-state index contributed by atoms with van der Waals surface area (Å²) in [5, 5.41) is 1.90. The van der Waals surface area contributed by atoms with Crippen LogP contribution in [0.2, 0.25) is 5.02 Å². The van der Waals surface area contributed by atoms with Crippen LogP contribution in [0.5, 0.6) is 0 Å². The van der Waals surface area contributed by atoms with Gasteiger partial charge in [0.15, 0.2) is 5.82 Å². The van der Waals surface area contributed by atoms with Crippen LogP contribution in [0.3, 0.4) is 0 Å². The number of pyridine rings is 1. The summed E-state index contributed by atoms with van der Waals surface area (Å²) in [6.07, 6.45) is 2.89. The van der Waals surface area contributed by atoms with Gasteiger partial charge in [0.1, 0.15) is 0 Å². The second-order valence-electron chi connectivity index (χ2n) is 7.13. The minimum Gasteiger partial charge on any atom is -0.293 e. The molecule has 0 aliphatic carbocycles. The number of benzene rings is 2. The molecule has 28 heavy (non-hydrogen) atoms. The van der Waals surface area contributed by atoms with Crippen molar-refractivity contribution >= 4 is 22.5 Å². The molecule has 4 nitrogen and oxygen atoms in total. The van der Waals surface area contributed by atoms with Gasteiger partial charge in [-0.25, -0.2) is 9.97 Å². The maximum Gasteiger partial charge on any atom is 0.159 e. The molecule has 0 atom stereocenters. The number of fused-ring (bicyclic) bond motifs is 2. The van der Waals surface area contributed by atoms with E-state index < -0.39 is 0 Å². The van der Waals surface area contributed by atoms with Gasteiger partial charge in [-0.05, 0) is 36.4 Å². The van der Waals surface area contributed by atoms with Crippen molar-refractivity contribution in [3.63, 3.8) is 0 Å². The molecule has 5 heteroatoms. The molecule has 1 aliphatic rings. The smallest absolute Gasteiger partial charge is 0.159 e. The normalized spacial score (nSPS) is 14.2. The highest BCUT2D eigenvalue weighted by Crippen LogP contribution is 2.23. The summed E-state index contributed by atoms with van der Waals surface area (Å²) in [6.45, 7) is 2.66. The highest BCUT2D eigenvalue weighted by molar-refractivity contribution is 6.30. The molecular formula is C23H19ClN4. The SMILES string of the molecule is Clc1ccc(-c2ncc3c(n2)CCN(Cc2ccc4ccccc4n2)C3)cc1. The fourth-order valence-electron chi connectivity index (χ4n) is 3.67. The van der Waals surface area contributed by atoms with Crippen LogP contribution in [-0.2, 0) is 19.5 Å². The summed E-state index contributed by atoms with van der Waals surface area (Å²) >= 11 is 5.98. The molecule has 0 amide bonds. The average Bonchev–Trinajstić information content (AvgIpc) is 2.74. The minimum absolute atomic E-state index is 0.722. The van der Waals surface area contributed by atoms with Crippen molar-refractivity contribution in [3.8, 4) is 11.4 Å². The van der Waals surface area contributed by atoms with Crippen LogP contribution in [0.1, 0.15) is 17.0 Å². The first-order valence-corrected chi connectivity index (χ1v) is 9.80. The minimum atomic E-state index is 0.722. The van der Waals surface area contributed by atoms with Crippen LogP contribution in [-0.4, -0.2) is 26.4 Å². The molecule has 0 unspecified atom stereocenters. The summed E-state index contributed by atoms with van der Waals surface area (Å²) in [4.78, 5) is 16.6. The number of hydrogen-bond donors (Lipinski definition) is 0. The molecule has 138 valence electrons. The van der Waals surface area contributed by atoms with Crippen molar-refractivity contribution in [1.29, 1.82) is 0 Å². The van der Waals surface area contributed by atoms with Gasteiger partial charge in [0.25, 0.3) is 0 Å². The van der Waals surface area contributed by atoms with Crippen molar-refractivity contribution in [3.05, 3.63) is 88.8 Å². The molecule has 0 N–H and O–H groups in total. The molecule has 2 aromatic carbocycles. The van der Waals surface area contributed by atoms with Crippen LogP contribution >= 0.6 is 11.6 Å². The highest BCUT2D eigenvalue weighted by atomic mass is 35.5. The van der Waals surface area contributed by atoms with Crippen LogP contribution in [0.25, 0.3) is 22.3 Å². The monoisotopic (exact) mass is 386 g/mol. The lowest BCUT2D eigenvalue weighted by molar-refractivity contribution is 0.240. The zero-order chi connectivity index (χ0) is 18.9. The maximum absolute atomic E-state index is 5.98. The molecule has 3 heterocycles. The van der Waals surface area contributed by atoms with E-state index in [2.05, 4.69) is 34.1 Å². The molecule has 5 rings (SSSR count). The Balaban J connectivity index is 1.34. The van der Waals surface area contributed by atoms with Crippen molar-refractivity contribution < 1.29 is 0 Å². The molecule has 1 aliphatic heterocycles. The Hall–Kier alpha value is -2.82. The summed E-state index contributed by atoms with van der Waals surface area (Å²) in [5.74, 6) is 0.764. The quantitative estimate of drug-likeness (QED) is 0.502. The third-order valence-electron chi connectivity index (χ3n) is 5.16. The molecule has 0 radical (unpaired) electrons. The largest absolute Gasteiger partial charge is 0.293 e. The molecular weight excluding hydrogens is 368 g/mol. The average molecular weight is 387 g/mol. The van der Waals surface area contributed by atoms with E-state index in [9.17, 15) is 0 Å². The first-order chi connectivity index (χ1) is 13.7. The van der Waals surface area contributed by atoms with Crippen molar-refractivity contribution in [2.24, 2.45) is 0 Å². The van der Waals surface area contributed by atoms with Gasteiger partial charge in [0, 0.05) is 53.8 Å². The maximum atomic E-state index is 5.98. The number of aromatic nitrogens is 3. The Bertz CT molecular complexity index is 1140. The lowest BCUT2D eigenvalue weighted by atomic mass is 10.1. The fourth-order valence-corrected chi connectivity index (χ4v) is 3.80. The molecule has 0 fully saturated rings. The highest BCUT2D eigenvalue weighted by Gasteiger charge is 2.19. The summed E-state index contributed by atoms with van der Waals surface area (Å²) in [5.41, 5.74) is 5.48. The van der Waals surface area contributed by atoms with Crippen molar-refractivity contribution in [2.75, 3.05) is 6.54 Å². The van der Waals surface area contributed by atoms with Gasteiger partial charge in [-0.2, -0.15) is 0 Å². The van der Waals surface area contributed by atoms with E-state index in [1.165, 1.54) is 10.9 Å². The molecule has 2 aromatic heterocycles. The Morgan fingerprint density at radius 2 is 1.79 bits per heavy atom. The Morgan fingerprint density at radius 1 is 0.929 bits per heavy atom. The van der Waals surface area contributed by atoms with Gasteiger partial charge in [-0.15, -0.1) is 0 Å². The molecule has 0 saturated heterocycles. The predicted molar refractivity (Wildman–Crippen MR) is 112 cm³/mol. The summed E-state index contributed by atoms with van der Waals surface area (Å²) < 4.78 is 0. The van der Waals surface area contributed by atoms with E-state index in [1.807, 2.05) is 42.6 Å². The van der Waals surface area contributed by atoms with Crippen molar-refractivity contribution in [2.45, 2.75) is 19.5 Å². The first kappa shape index (κ1) is 17.3. The second kappa shape index (κ2) is 7.30. The molecule has 0 saturated carbocycles. The van der Waals surface area contributed by atoms with Gasteiger partial charge < -0.3 is 0 Å². The number of para-hydroxylation sites is 1. The van der Waals surface area contributed by atoms with E-state index >= 15 is 0 Å². The molecule has 4 aromatic rings. The van der Waals surface area contributed by atoms with Crippen LogP contribution in [0.4, 0.5) is 0 Å². The van der Waals surface area contributed by atoms with Gasteiger partial charge in [-0.3, -0.25) is 9.88 Å². The first-order valence-electron chi connectivity index (χ1n) is 9.42. The van der Waals surface area contributed by atoms with Gasteiger partial charge >= 0.3 is 0 Å². The standard InChI is InChI=1S/C23H19ClN4/c24-19-8-5-17(6-9-19)23-25-13-18-14-28(12-11-22(18)27-23)15-20-10-7-16-3-1-2-4-21(16)26-20/h1-10,13H,11-12,14-15H2. The van der Waals surface area contributed by atoms with Gasteiger partial charge in [0.05, 0.1) is 16.9 Å². The number of nitrogens with zero attached hydrogens (tertiary/aromatic N) is 4. The third kappa shape index (κ3) is 3.49. The van der Waals surface area contributed by atoms with Gasteiger partial charge in [-0.1, -0.05) is 35.9 Å². The topological polar surface area (TPSA) is 41.9 Å². The fraction of sp³-hybridized carbons (Fsp3) is 0.174. The van der Waals surface area contributed by atoms with E-state index in [0.29, 0.717) is 0 Å². The van der Waals surface area contributed by atoms with Crippen molar-refractivity contribution in [1.82, 2.24) is 19.9 Å². The Labute approximate surface area is 168 Å². The second-order valence-corrected chi connectivity index (χ2v) is 7.56. The summed E-state index contributed by atoms with van der Waals surface area (Å²) in [6, 6.07) is 20.2. The van der Waals surface area contributed by atoms with E-state index in [-0.39, 0.29) is 0 Å². The molecule has 0 spiro atoms. The van der Waals surface area contributed by atoms with E-state index in [4.69, 9.17) is 21.6 Å². The van der Waals surface area contributed by atoms with Crippen LogP contribution < -0.4 is 0 Å². The Morgan fingerprint density at radius 3 is 2.68 bits per heavy atom. The number of halogens is 1. The van der Waals surface area contributed by atoms with Crippen LogP contribution in [0.15, 0.2) is 66.9 Å². The Kier molecular flexibility index (Phi) is 4.51. The third-order valence-corrected chi connectivity index (χ3v) is 5.41. The lowest BCUT2D eigenvalue weighted by Crippen LogP contribution is -2.31. The lowest BCUT2D eigenvalue weighted by Gasteiger charge is -2.27. The summed E-state index contributed by atoms with van der Waals surface area (Å²) in [7, 11) is 0. The number of rotatable bonds is 3. The van der Waals surface area contributed by atoms with Crippen LogP contribution in [0, 0.1) is 0 Å².